The minimum Gasteiger partial charge on any atom is -0.307 e. The summed E-state index contributed by atoms with van der Waals surface area (Å²) >= 11 is 1.96. The maximum atomic E-state index is 4.89. The van der Waals surface area contributed by atoms with E-state index in [1.165, 1.54) is 41.3 Å². The highest BCUT2D eigenvalue weighted by atomic mass is 32.1. The number of thiazole rings is 1. The lowest BCUT2D eigenvalue weighted by Crippen LogP contribution is -2.34. The van der Waals surface area contributed by atoms with E-state index < -0.39 is 0 Å². The third kappa shape index (κ3) is 2.87. The van der Waals surface area contributed by atoms with Gasteiger partial charge in [-0.2, -0.15) is 0 Å². The van der Waals surface area contributed by atoms with E-state index in [4.69, 9.17) is 4.98 Å². The van der Waals surface area contributed by atoms with Gasteiger partial charge in [-0.3, -0.25) is 0 Å². The number of nitrogens with one attached hydrogen (secondary N) is 1. The van der Waals surface area contributed by atoms with Gasteiger partial charge < -0.3 is 5.32 Å². The normalized spacial score (nSPS) is 30.2. The zero-order valence-corrected chi connectivity index (χ0v) is 13.4. The first-order valence-corrected chi connectivity index (χ1v) is 8.45. The summed E-state index contributed by atoms with van der Waals surface area (Å²) in [5.41, 5.74) is 1.43. The zero-order chi connectivity index (χ0) is 13.6. The standard InChI is InChI=1S/C16H26N2S/c1-10-14(9-17-16(2,3)4)19-15(18-10)13-8-11-5-6-12(13)7-11/h11-13,17H,5-9H2,1-4H3. The SMILES string of the molecule is Cc1nc(C2CC3CCC2C3)sc1CNC(C)(C)C. The second-order valence-electron chi connectivity index (χ2n) is 7.45. The fourth-order valence-electron chi connectivity index (χ4n) is 3.67. The molecule has 0 aromatic carbocycles. The molecular formula is C16H26N2S. The number of nitrogens with zero attached hydrogens (tertiary/aromatic N) is 1. The van der Waals surface area contributed by atoms with Gasteiger partial charge in [-0.15, -0.1) is 11.3 Å². The average Bonchev–Trinajstić information content (AvgIpc) is 2.99. The van der Waals surface area contributed by atoms with Gasteiger partial charge in [0, 0.05) is 22.9 Å². The Kier molecular flexibility index (Phi) is 3.46. The lowest BCUT2D eigenvalue weighted by atomic mass is 9.89. The first-order chi connectivity index (χ1) is 8.92. The van der Waals surface area contributed by atoms with E-state index in [1.54, 1.807) is 0 Å². The summed E-state index contributed by atoms with van der Waals surface area (Å²) < 4.78 is 0. The minimum atomic E-state index is 0.184. The molecule has 2 fully saturated rings. The molecule has 2 bridgehead atoms. The van der Waals surface area contributed by atoms with E-state index in [0.717, 1.165) is 24.3 Å². The van der Waals surface area contributed by atoms with Gasteiger partial charge >= 0.3 is 0 Å². The van der Waals surface area contributed by atoms with Gasteiger partial charge in [-0.1, -0.05) is 6.42 Å². The largest absolute Gasteiger partial charge is 0.307 e. The van der Waals surface area contributed by atoms with Crippen molar-refractivity contribution in [2.24, 2.45) is 11.8 Å². The summed E-state index contributed by atoms with van der Waals surface area (Å²) in [4.78, 5) is 6.33. The lowest BCUT2D eigenvalue weighted by Gasteiger charge is -2.20. The molecule has 19 heavy (non-hydrogen) atoms. The first kappa shape index (κ1) is 13.6. The highest BCUT2D eigenvalue weighted by molar-refractivity contribution is 7.11. The number of aromatic nitrogens is 1. The Labute approximate surface area is 121 Å². The van der Waals surface area contributed by atoms with Crippen LogP contribution in [0.3, 0.4) is 0 Å². The maximum absolute atomic E-state index is 4.89. The third-order valence-electron chi connectivity index (χ3n) is 4.74. The predicted octanol–water partition coefficient (Wildman–Crippen LogP) is 4.24. The molecule has 1 N–H and O–H groups in total. The molecule has 1 aromatic heterocycles. The van der Waals surface area contributed by atoms with Crippen LogP contribution in [0.5, 0.6) is 0 Å². The summed E-state index contributed by atoms with van der Waals surface area (Å²) in [7, 11) is 0. The number of hydrogen-bond donors (Lipinski definition) is 1. The molecule has 3 atom stereocenters. The Morgan fingerprint density at radius 3 is 2.63 bits per heavy atom. The van der Waals surface area contributed by atoms with Crippen LogP contribution in [0.25, 0.3) is 0 Å². The number of fused-ring (bicyclic) bond motifs is 2. The van der Waals surface area contributed by atoms with Crippen LogP contribution in [0.4, 0.5) is 0 Å². The van der Waals surface area contributed by atoms with Crippen molar-refractivity contribution in [3.05, 3.63) is 15.6 Å². The van der Waals surface area contributed by atoms with Gasteiger partial charge in [0.15, 0.2) is 0 Å². The van der Waals surface area contributed by atoms with E-state index in [-0.39, 0.29) is 5.54 Å². The quantitative estimate of drug-likeness (QED) is 0.894. The molecule has 3 unspecified atom stereocenters. The van der Waals surface area contributed by atoms with Gasteiger partial charge in [0.2, 0.25) is 0 Å². The van der Waals surface area contributed by atoms with Crippen LogP contribution in [0, 0.1) is 18.8 Å². The first-order valence-electron chi connectivity index (χ1n) is 7.63. The van der Waals surface area contributed by atoms with Crippen LogP contribution in [-0.2, 0) is 6.54 Å². The fraction of sp³-hybridized carbons (Fsp3) is 0.812. The molecule has 0 amide bonds. The predicted molar refractivity (Wildman–Crippen MR) is 81.6 cm³/mol. The van der Waals surface area contributed by atoms with Gasteiger partial charge in [0.25, 0.3) is 0 Å². The molecule has 2 aliphatic rings. The fourth-order valence-corrected chi connectivity index (χ4v) is 4.88. The second kappa shape index (κ2) is 4.85. The summed E-state index contributed by atoms with van der Waals surface area (Å²) in [6.45, 7) is 9.81. The van der Waals surface area contributed by atoms with Crippen molar-refractivity contribution >= 4 is 11.3 Å². The lowest BCUT2D eigenvalue weighted by molar-refractivity contribution is 0.418. The second-order valence-corrected chi connectivity index (χ2v) is 8.56. The van der Waals surface area contributed by atoms with Gasteiger partial charge in [0.1, 0.15) is 0 Å². The Bertz CT molecular complexity index is 458. The topological polar surface area (TPSA) is 24.9 Å². The van der Waals surface area contributed by atoms with Crippen LogP contribution in [0.15, 0.2) is 0 Å². The van der Waals surface area contributed by atoms with E-state index in [2.05, 4.69) is 33.0 Å². The van der Waals surface area contributed by atoms with Crippen molar-refractivity contribution in [3.63, 3.8) is 0 Å². The summed E-state index contributed by atoms with van der Waals surface area (Å²) in [5, 5.41) is 5.01. The van der Waals surface area contributed by atoms with Crippen molar-refractivity contribution in [3.8, 4) is 0 Å². The number of hydrogen-bond acceptors (Lipinski definition) is 3. The summed E-state index contributed by atoms with van der Waals surface area (Å²) in [5.74, 6) is 2.74. The molecule has 1 aromatic rings. The van der Waals surface area contributed by atoms with Crippen molar-refractivity contribution in [1.29, 1.82) is 0 Å². The molecule has 106 valence electrons. The van der Waals surface area contributed by atoms with Crippen molar-refractivity contribution in [1.82, 2.24) is 10.3 Å². The molecule has 0 spiro atoms. The molecule has 2 nitrogen and oxygen atoms in total. The third-order valence-corrected chi connectivity index (χ3v) is 6.03. The number of aryl methyl sites for hydroxylation is 1. The molecule has 0 saturated heterocycles. The van der Waals surface area contributed by atoms with Gasteiger partial charge in [-0.25, -0.2) is 4.98 Å². The molecule has 2 saturated carbocycles. The highest BCUT2D eigenvalue weighted by Gasteiger charge is 2.41. The molecule has 1 heterocycles. The highest BCUT2D eigenvalue weighted by Crippen LogP contribution is 2.53. The molecule has 3 rings (SSSR count). The van der Waals surface area contributed by atoms with Crippen LogP contribution < -0.4 is 5.32 Å². The molecule has 0 radical (unpaired) electrons. The van der Waals surface area contributed by atoms with Gasteiger partial charge in [0.05, 0.1) is 10.7 Å². The smallest absolute Gasteiger partial charge is 0.0965 e. The summed E-state index contributed by atoms with van der Waals surface area (Å²) in [6.07, 6.45) is 5.80. The summed E-state index contributed by atoms with van der Waals surface area (Å²) in [6, 6.07) is 0. The van der Waals surface area contributed by atoms with Crippen LogP contribution in [0.2, 0.25) is 0 Å². The molecule has 0 aliphatic heterocycles. The van der Waals surface area contributed by atoms with Crippen molar-refractivity contribution < 1.29 is 0 Å². The van der Waals surface area contributed by atoms with Crippen molar-refractivity contribution in [2.45, 2.75) is 71.4 Å². The maximum Gasteiger partial charge on any atom is 0.0965 e. The molecule has 2 aliphatic carbocycles. The van der Waals surface area contributed by atoms with Crippen LogP contribution in [-0.4, -0.2) is 10.5 Å². The average molecular weight is 278 g/mol. The molecule has 3 heteroatoms. The van der Waals surface area contributed by atoms with E-state index >= 15 is 0 Å². The Morgan fingerprint density at radius 2 is 2.05 bits per heavy atom. The minimum absolute atomic E-state index is 0.184. The molecular weight excluding hydrogens is 252 g/mol. The van der Waals surface area contributed by atoms with E-state index in [9.17, 15) is 0 Å². The number of rotatable bonds is 3. The Balaban J connectivity index is 1.71. The van der Waals surface area contributed by atoms with Gasteiger partial charge in [-0.05, 0) is 58.8 Å². The Hall–Kier alpha value is -0.410. The van der Waals surface area contributed by atoms with E-state index in [0.29, 0.717) is 0 Å². The van der Waals surface area contributed by atoms with E-state index in [1.807, 2.05) is 11.3 Å². The zero-order valence-electron chi connectivity index (χ0n) is 12.6. The Morgan fingerprint density at radius 1 is 1.26 bits per heavy atom. The van der Waals surface area contributed by atoms with Crippen LogP contribution in [0.1, 0.15) is 68.0 Å². The monoisotopic (exact) mass is 278 g/mol. The van der Waals surface area contributed by atoms with Crippen molar-refractivity contribution in [2.75, 3.05) is 0 Å². The van der Waals surface area contributed by atoms with Crippen LogP contribution >= 0.6 is 11.3 Å².